The molecule has 1 saturated heterocycles. The number of hydrogen-bond acceptors (Lipinski definition) is 5. The van der Waals surface area contributed by atoms with E-state index < -0.39 is 0 Å². The molecule has 2 aromatic carbocycles. The van der Waals surface area contributed by atoms with Gasteiger partial charge in [-0.15, -0.1) is 0 Å². The first-order valence-corrected chi connectivity index (χ1v) is 10.3. The smallest absolute Gasteiger partial charge is 0.282 e. The number of aliphatic hydroxyl groups excluding tert-OH is 1. The molecule has 2 aliphatic heterocycles. The maximum atomic E-state index is 13.5. The zero-order chi connectivity index (χ0) is 21.3. The Morgan fingerprint density at radius 2 is 1.90 bits per heavy atom. The first kappa shape index (κ1) is 20.4. The fourth-order valence-corrected chi connectivity index (χ4v) is 4.22. The topological polar surface area (TPSA) is 70.1 Å². The summed E-state index contributed by atoms with van der Waals surface area (Å²) in [5, 5.41) is 10.2. The van der Waals surface area contributed by atoms with Crippen LogP contribution in [-0.4, -0.2) is 48.6 Å². The maximum absolute atomic E-state index is 13.5. The minimum absolute atomic E-state index is 0.0573. The molecular weight excluding hydrogens is 404 g/mol. The quantitative estimate of drug-likeness (QED) is 0.742. The van der Waals surface area contributed by atoms with Crippen LogP contribution in [0.2, 0.25) is 5.02 Å². The summed E-state index contributed by atoms with van der Waals surface area (Å²) < 4.78 is 5.27. The van der Waals surface area contributed by atoms with Crippen molar-refractivity contribution in [2.24, 2.45) is 5.92 Å². The summed E-state index contributed by atoms with van der Waals surface area (Å²) in [4.78, 5) is 30.2. The lowest BCUT2D eigenvalue weighted by Gasteiger charge is -2.34. The van der Waals surface area contributed by atoms with E-state index in [9.17, 15) is 14.7 Å². The van der Waals surface area contributed by atoms with Crippen LogP contribution >= 0.6 is 11.6 Å². The number of carbonyl (C=O) groups is 2. The predicted molar refractivity (Wildman–Crippen MR) is 115 cm³/mol. The Kier molecular flexibility index (Phi) is 5.79. The van der Waals surface area contributed by atoms with E-state index in [1.165, 1.54) is 12.0 Å². The van der Waals surface area contributed by atoms with Crippen LogP contribution in [0.3, 0.4) is 0 Å². The first-order valence-electron chi connectivity index (χ1n) is 9.92. The van der Waals surface area contributed by atoms with Crippen LogP contribution in [0.25, 0.3) is 5.57 Å². The second-order valence-corrected chi connectivity index (χ2v) is 7.95. The number of nitrogens with zero attached hydrogens (tertiary/aromatic N) is 2. The molecule has 1 N–H and O–H groups in total. The van der Waals surface area contributed by atoms with Crippen LogP contribution in [0.1, 0.15) is 18.4 Å². The summed E-state index contributed by atoms with van der Waals surface area (Å²) in [6, 6.07) is 13.8. The Balaban J connectivity index is 1.81. The number of piperidine rings is 1. The van der Waals surface area contributed by atoms with E-state index in [1.54, 1.807) is 48.5 Å². The molecular formula is C23H23ClN2O4. The number of amides is 2. The molecule has 1 atom stereocenters. The molecule has 2 amide bonds. The molecule has 0 aromatic heterocycles. The third-order valence-corrected chi connectivity index (χ3v) is 5.85. The summed E-state index contributed by atoms with van der Waals surface area (Å²) in [7, 11) is 1.54. The number of carbonyl (C=O) groups excluding carboxylic acids is 2. The normalized spacial score (nSPS) is 19.6. The highest BCUT2D eigenvalue weighted by molar-refractivity contribution is 6.45. The van der Waals surface area contributed by atoms with Gasteiger partial charge in [-0.25, -0.2) is 4.90 Å². The molecule has 156 valence electrons. The SMILES string of the molecule is COc1cccc(N2C(=O)C(c3ccc(Cl)cc3)=C(N3CCCC(CO)C3)C2=O)c1. The number of likely N-dealkylation sites (tertiary alicyclic amines) is 1. The standard InChI is InChI=1S/C23H23ClN2O4/c1-30-19-6-2-5-18(12-19)26-22(28)20(16-7-9-17(24)10-8-16)21(23(26)29)25-11-3-4-15(13-25)14-27/h2,5-10,12,15,27H,3-4,11,13-14H2,1H3. The Labute approximate surface area is 180 Å². The minimum atomic E-state index is -0.378. The van der Waals surface area contributed by atoms with Crippen LogP contribution in [0.15, 0.2) is 54.2 Å². The predicted octanol–water partition coefficient (Wildman–Crippen LogP) is 3.34. The zero-order valence-electron chi connectivity index (χ0n) is 16.7. The van der Waals surface area contributed by atoms with Gasteiger partial charge in [-0.1, -0.05) is 29.8 Å². The average Bonchev–Trinajstić information content (AvgIpc) is 3.04. The van der Waals surface area contributed by atoms with Crippen LogP contribution < -0.4 is 9.64 Å². The molecule has 2 aromatic rings. The first-order chi connectivity index (χ1) is 14.5. The molecule has 0 radical (unpaired) electrons. The summed E-state index contributed by atoms with van der Waals surface area (Å²) in [6.07, 6.45) is 1.75. The number of anilines is 1. The van der Waals surface area contributed by atoms with Crippen molar-refractivity contribution in [3.05, 3.63) is 64.8 Å². The maximum Gasteiger partial charge on any atom is 0.282 e. The third kappa shape index (κ3) is 3.68. The van der Waals surface area contributed by atoms with E-state index in [1.807, 2.05) is 4.90 Å². The lowest BCUT2D eigenvalue weighted by molar-refractivity contribution is -0.120. The number of benzene rings is 2. The number of halogens is 1. The molecule has 0 bridgehead atoms. The lowest BCUT2D eigenvalue weighted by Crippen LogP contribution is -2.40. The molecule has 2 heterocycles. The molecule has 4 rings (SSSR count). The van der Waals surface area contributed by atoms with Crippen molar-refractivity contribution >= 4 is 34.7 Å². The van der Waals surface area contributed by atoms with E-state index in [4.69, 9.17) is 16.3 Å². The monoisotopic (exact) mass is 426 g/mol. The van der Waals surface area contributed by atoms with Crippen molar-refractivity contribution in [3.8, 4) is 5.75 Å². The zero-order valence-corrected chi connectivity index (χ0v) is 17.4. The molecule has 1 fully saturated rings. The molecule has 1 unspecified atom stereocenters. The van der Waals surface area contributed by atoms with Gasteiger partial charge >= 0.3 is 0 Å². The van der Waals surface area contributed by atoms with Crippen molar-refractivity contribution in [1.82, 2.24) is 4.90 Å². The molecule has 7 heteroatoms. The number of imide groups is 1. The van der Waals surface area contributed by atoms with Crippen LogP contribution in [0.4, 0.5) is 5.69 Å². The van der Waals surface area contributed by atoms with Gasteiger partial charge in [0.2, 0.25) is 0 Å². The van der Waals surface area contributed by atoms with E-state index in [0.717, 1.165) is 12.8 Å². The Morgan fingerprint density at radius 1 is 1.13 bits per heavy atom. The van der Waals surface area contributed by atoms with Gasteiger partial charge in [0.05, 0.1) is 18.4 Å². The summed E-state index contributed by atoms with van der Waals surface area (Å²) in [5.41, 5.74) is 1.84. The fourth-order valence-electron chi connectivity index (χ4n) is 4.09. The number of rotatable bonds is 5. The second kappa shape index (κ2) is 8.50. The molecule has 0 spiro atoms. The third-order valence-electron chi connectivity index (χ3n) is 5.60. The van der Waals surface area contributed by atoms with E-state index in [0.29, 0.717) is 46.4 Å². The van der Waals surface area contributed by atoms with E-state index in [-0.39, 0.29) is 24.3 Å². The van der Waals surface area contributed by atoms with Gasteiger partial charge in [-0.05, 0) is 48.6 Å². The Bertz CT molecular complexity index is 1000. The largest absolute Gasteiger partial charge is 0.497 e. The fraction of sp³-hybridized carbons (Fsp3) is 0.304. The van der Waals surface area contributed by atoms with Crippen molar-refractivity contribution in [3.63, 3.8) is 0 Å². The van der Waals surface area contributed by atoms with Crippen molar-refractivity contribution in [2.75, 3.05) is 31.7 Å². The van der Waals surface area contributed by atoms with Crippen molar-refractivity contribution < 1.29 is 19.4 Å². The second-order valence-electron chi connectivity index (χ2n) is 7.51. The molecule has 2 aliphatic rings. The highest BCUT2D eigenvalue weighted by atomic mass is 35.5. The average molecular weight is 427 g/mol. The van der Waals surface area contributed by atoms with E-state index >= 15 is 0 Å². The number of aliphatic hydroxyl groups is 1. The Hall–Kier alpha value is -2.83. The Morgan fingerprint density at radius 3 is 2.60 bits per heavy atom. The van der Waals surface area contributed by atoms with Gasteiger partial charge in [-0.3, -0.25) is 9.59 Å². The summed E-state index contributed by atoms with van der Waals surface area (Å²) in [5.74, 6) is -0.104. The van der Waals surface area contributed by atoms with Crippen LogP contribution in [-0.2, 0) is 9.59 Å². The van der Waals surface area contributed by atoms with Gasteiger partial charge in [0.15, 0.2) is 0 Å². The van der Waals surface area contributed by atoms with Gasteiger partial charge in [0.25, 0.3) is 11.8 Å². The molecule has 30 heavy (non-hydrogen) atoms. The van der Waals surface area contributed by atoms with Crippen molar-refractivity contribution in [1.29, 1.82) is 0 Å². The molecule has 6 nitrogen and oxygen atoms in total. The molecule has 0 saturated carbocycles. The lowest BCUT2D eigenvalue weighted by atomic mass is 9.97. The summed E-state index contributed by atoms with van der Waals surface area (Å²) in [6.45, 7) is 1.25. The van der Waals surface area contributed by atoms with Crippen molar-refractivity contribution in [2.45, 2.75) is 12.8 Å². The van der Waals surface area contributed by atoms with Gasteiger partial charge in [0.1, 0.15) is 11.4 Å². The van der Waals surface area contributed by atoms with Gasteiger partial charge in [-0.2, -0.15) is 0 Å². The van der Waals surface area contributed by atoms with Gasteiger partial charge < -0.3 is 14.7 Å². The number of hydrogen-bond donors (Lipinski definition) is 1. The number of methoxy groups -OCH3 is 1. The van der Waals surface area contributed by atoms with E-state index in [2.05, 4.69) is 0 Å². The molecule has 0 aliphatic carbocycles. The summed E-state index contributed by atoms with van der Waals surface area (Å²) >= 11 is 6.03. The highest BCUT2D eigenvalue weighted by Crippen LogP contribution is 2.37. The van der Waals surface area contributed by atoms with Crippen LogP contribution in [0.5, 0.6) is 5.75 Å². The minimum Gasteiger partial charge on any atom is -0.497 e. The highest BCUT2D eigenvalue weighted by Gasteiger charge is 2.43. The van der Waals surface area contributed by atoms with Crippen LogP contribution in [0, 0.1) is 5.92 Å². The number of ether oxygens (including phenoxy) is 1. The van der Waals surface area contributed by atoms with Gasteiger partial charge in [0, 0.05) is 30.8 Å².